The van der Waals surface area contributed by atoms with E-state index in [9.17, 15) is 4.79 Å². The summed E-state index contributed by atoms with van der Waals surface area (Å²) in [6.45, 7) is 5.93. The maximum absolute atomic E-state index is 12.1. The van der Waals surface area contributed by atoms with Crippen LogP contribution >= 0.6 is 11.3 Å². The summed E-state index contributed by atoms with van der Waals surface area (Å²) in [5.74, 6) is -0.0148. The Balaban J connectivity index is 1.68. The van der Waals surface area contributed by atoms with Crippen molar-refractivity contribution in [3.8, 4) is 0 Å². The molecule has 6 heteroatoms. The van der Waals surface area contributed by atoms with Crippen LogP contribution in [0.1, 0.15) is 28.4 Å². The van der Waals surface area contributed by atoms with Crippen molar-refractivity contribution in [2.45, 2.75) is 33.6 Å². The van der Waals surface area contributed by atoms with Gasteiger partial charge in [-0.2, -0.15) is 0 Å². The van der Waals surface area contributed by atoms with E-state index in [4.69, 9.17) is 0 Å². The summed E-state index contributed by atoms with van der Waals surface area (Å²) in [6, 6.07) is 5.90. The van der Waals surface area contributed by atoms with Gasteiger partial charge >= 0.3 is 0 Å². The van der Waals surface area contributed by atoms with E-state index in [0.29, 0.717) is 18.0 Å². The fourth-order valence-electron chi connectivity index (χ4n) is 2.41. The van der Waals surface area contributed by atoms with Gasteiger partial charge in [-0.05, 0) is 39.3 Å². The Morgan fingerprint density at radius 2 is 2.05 bits per heavy atom. The predicted octanol–water partition coefficient (Wildman–Crippen LogP) is 3.29. The van der Waals surface area contributed by atoms with E-state index < -0.39 is 0 Å². The van der Waals surface area contributed by atoms with Crippen LogP contribution < -0.4 is 5.32 Å². The topological polar surface area (TPSA) is 59.3 Å². The fraction of sp³-hybridized carbons (Fsp3) is 0.312. The molecule has 0 saturated heterocycles. The Labute approximate surface area is 133 Å². The Morgan fingerprint density at radius 3 is 2.77 bits per heavy atom. The fourth-order valence-corrected chi connectivity index (χ4v) is 3.24. The molecule has 114 valence electrons. The van der Waals surface area contributed by atoms with Gasteiger partial charge in [0, 0.05) is 23.2 Å². The lowest BCUT2D eigenvalue weighted by molar-refractivity contribution is -0.116. The third-order valence-electron chi connectivity index (χ3n) is 3.69. The molecule has 5 nitrogen and oxygen atoms in total. The Hall–Kier alpha value is -2.21. The van der Waals surface area contributed by atoms with Crippen molar-refractivity contribution < 1.29 is 4.79 Å². The van der Waals surface area contributed by atoms with Crippen LogP contribution in [-0.2, 0) is 11.2 Å². The molecule has 0 aliphatic rings. The van der Waals surface area contributed by atoms with E-state index >= 15 is 0 Å². The molecule has 0 aromatic carbocycles. The number of pyridine rings is 1. The first kappa shape index (κ1) is 14.7. The van der Waals surface area contributed by atoms with Gasteiger partial charge in [0.25, 0.3) is 0 Å². The number of rotatable bonds is 4. The second-order valence-electron chi connectivity index (χ2n) is 5.28. The average molecular weight is 314 g/mol. The van der Waals surface area contributed by atoms with Gasteiger partial charge in [-0.3, -0.25) is 4.79 Å². The molecule has 0 saturated carbocycles. The number of aromatic nitrogens is 3. The van der Waals surface area contributed by atoms with Gasteiger partial charge in [0.1, 0.15) is 5.65 Å². The maximum atomic E-state index is 12.1. The second-order valence-corrected chi connectivity index (χ2v) is 6.48. The lowest BCUT2D eigenvalue weighted by atomic mass is 10.2. The van der Waals surface area contributed by atoms with Gasteiger partial charge in [-0.15, -0.1) is 11.3 Å². The molecule has 0 aliphatic heterocycles. The van der Waals surface area contributed by atoms with E-state index in [1.165, 1.54) is 11.3 Å². The largest absolute Gasteiger partial charge is 0.304 e. The highest BCUT2D eigenvalue weighted by molar-refractivity contribution is 7.15. The highest BCUT2D eigenvalue weighted by Gasteiger charge is 2.12. The van der Waals surface area contributed by atoms with Crippen LogP contribution in [0.2, 0.25) is 0 Å². The van der Waals surface area contributed by atoms with Crippen molar-refractivity contribution >= 4 is 28.0 Å². The molecule has 3 aromatic rings. The minimum absolute atomic E-state index is 0.0148. The zero-order valence-electron chi connectivity index (χ0n) is 12.9. The lowest BCUT2D eigenvalue weighted by Gasteiger charge is -2.03. The number of amides is 1. The van der Waals surface area contributed by atoms with Gasteiger partial charge in [0.15, 0.2) is 5.13 Å². The Morgan fingerprint density at radius 1 is 1.23 bits per heavy atom. The van der Waals surface area contributed by atoms with Crippen LogP contribution in [0.15, 0.2) is 24.4 Å². The third-order valence-corrected chi connectivity index (χ3v) is 4.68. The van der Waals surface area contributed by atoms with E-state index in [1.54, 1.807) is 0 Å². The summed E-state index contributed by atoms with van der Waals surface area (Å²) in [5.41, 5.74) is 3.94. The number of carbonyl (C=O) groups excluding carboxylic acids is 1. The van der Waals surface area contributed by atoms with E-state index in [1.807, 2.05) is 49.6 Å². The zero-order chi connectivity index (χ0) is 15.7. The number of hydrogen-bond donors (Lipinski definition) is 1. The molecule has 3 aromatic heterocycles. The molecule has 0 radical (unpaired) electrons. The number of thiazole rings is 1. The molecule has 1 N–H and O–H groups in total. The first-order chi connectivity index (χ1) is 10.5. The van der Waals surface area contributed by atoms with Crippen LogP contribution in [0.3, 0.4) is 0 Å². The SMILES string of the molecule is Cc1nc(NC(=O)CCc2c(C)nc3ccccn23)sc1C. The van der Waals surface area contributed by atoms with Crippen molar-refractivity contribution in [3.05, 3.63) is 46.4 Å². The number of hydrogen-bond acceptors (Lipinski definition) is 4. The van der Waals surface area contributed by atoms with Gasteiger partial charge in [0.2, 0.25) is 5.91 Å². The highest BCUT2D eigenvalue weighted by Crippen LogP contribution is 2.21. The smallest absolute Gasteiger partial charge is 0.226 e. The molecular weight excluding hydrogens is 296 g/mol. The molecule has 0 aliphatic carbocycles. The molecule has 0 bridgehead atoms. The average Bonchev–Trinajstić information content (AvgIpc) is 2.96. The van der Waals surface area contributed by atoms with E-state index in [-0.39, 0.29) is 5.91 Å². The van der Waals surface area contributed by atoms with Crippen LogP contribution in [0.5, 0.6) is 0 Å². The van der Waals surface area contributed by atoms with Gasteiger partial charge in [-0.1, -0.05) is 6.07 Å². The molecule has 0 fully saturated rings. The molecule has 0 atom stereocenters. The second kappa shape index (κ2) is 5.88. The standard InChI is InChI=1S/C16H18N4OS/c1-10-12(3)22-16(18-10)19-15(21)8-7-13-11(2)17-14-6-4-5-9-20(13)14/h4-6,9H,7-8H2,1-3H3,(H,18,19,21). The number of fused-ring (bicyclic) bond motifs is 1. The lowest BCUT2D eigenvalue weighted by Crippen LogP contribution is -2.13. The maximum Gasteiger partial charge on any atom is 0.226 e. The number of carbonyl (C=O) groups is 1. The Kier molecular flexibility index (Phi) is 3.94. The highest BCUT2D eigenvalue weighted by atomic mass is 32.1. The van der Waals surface area contributed by atoms with Crippen LogP contribution in [0.4, 0.5) is 5.13 Å². The molecule has 22 heavy (non-hydrogen) atoms. The summed E-state index contributed by atoms with van der Waals surface area (Å²) >= 11 is 1.51. The number of nitrogens with zero attached hydrogens (tertiary/aromatic N) is 3. The minimum atomic E-state index is -0.0148. The number of imidazole rings is 1. The molecule has 0 spiro atoms. The number of aryl methyl sites for hydroxylation is 4. The summed E-state index contributed by atoms with van der Waals surface area (Å²) in [7, 11) is 0. The van der Waals surface area contributed by atoms with Crippen molar-refractivity contribution in [1.29, 1.82) is 0 Å². The van der Waals surface area contributed by atoms with Gasteiger partial charge in [-0.25, -0.2) is 9.97 Å². The quantitative estimate of drug-likeness (QED) is 0.804. The molecule has 0 unspecified atom stereocenters. The summed E-state index contributed by atoms with van der Waals surface area (Å²) < 4.78 is 2.04. The molecule has 1 amide bonds. The first-order valence-corrected chi connectivity index (χ1v) is 8.02. The first-order valence-electron chi connectivity index (χ1n) is 7.21. The monoisotopic (exact) mass is 314 g/mol. The minimum Gasteiger partial charge on any atom is -0.304 e. The third kappa shape index (κ3) is 2.87. The van der Waals surface area contributed by atoms with Crippen LogP contribution in [0.25, 0.3) is 5.65 Å². The summed E-state index contributed by atoms with van der Waals surface area (Å²) in [6.07, 6.45) is 3.06. The van der Waals surface area contributed by atoms with Crippen molar-refractivity contribution in [2.75, 3.05) is 5.32 Å². The molecular formula is C16H18N4OS. The van der Waals surface area contributed by atoms with Crippen molar-refractivity contribution in [2.24, 2.45) is 0 Å². The predicted molar refractivity (Wildman–Crippen MR) is 88.5 cm³/mol. The zero-order valence-corrected chi connectivity index (χ0v) is 13.7. The number of anilines is 1. The summed E-state index contributed by atoms with van der Waals surface area (Å²) in [5, 5.41) is 3.55. The summed E-state index contributed by atoms with van der Waals surface area (Å²) in [4.78, 5) is 22.1. The van der Waals surface area contributed by atoms with Crippen molar-refractivity contribution in [3.63, 3.8) is 0 Å². The van der Waals surface area contributed by atoms with Crippen LogP contribution in [0, 0.1) is 20.8 Å². The molecule has 3 rings (SSSR count). The van der Waals surface area contributed by atoms with Gasteiger partial charge in [0.05, 0.1) is 11.4 Å². The molecule has 3 heterocycles. The Bertz CT molecular complexity index is 814. The van der Waals surface area contributed by atoms with Gasteiger partial charge < -0.3 is 9.72 Å². The normalized spacial score (nSPS) is 11.0. The van der Waals surface area contributed by atoms with E-state index in [2.05, 4.69) is 15.3 Å². The van der Waals surface area contributed by atoms with Crippen molar-refractivity contribution in [1.82, 2.24) is 14.4 Å². The van der Waals surface area contributed by atoms with E-state index in [0.717, 1.165) is 27.6 Å². The van der Waals surface area contributed by atoms with Crippen LogP contribution in [-0.4, -0.2) is 20.3 Å². The number of nitrogens with one attached hydrogen (secondary N) is 1.